The molecule has 0 radical (unpaired) electrons. The Balaban J connectivity index is 2.20. The van der Waals surface area contributed by atoms with Crippen LogP contribution in [-0.2, 0) is 16.6 Å². The second-order valence-electron chi connectivity index (χ2n) is 3.61. The van der Waals surface area contributed by atoms with Crippen LogP contribution < -0.4 is 9.46 Å². The number of sulfonamides is 1. The Labute approximate surface area is 110 Å². The second-order valence-corrected chi connectivity index (χ2v) is 6.12. The summed E-state index contributed by atoms with van der Waals surface area (Å²) in [6, 6.07) is 8.43. The van der Waals surface area contributed by atoms with Gasteiger partial charge in [0.05, 0.1) is 7.11 Å². The van der Waals surface area contributed by atoms with E-state index in [1.54, 1.807) is 18.2 Å². The van der Waals surface area contributed by atoms with E-state index in [-0.39, 0.29) is 11.4 Å². The molecule has 0 atom stereocenters. The zero-order valence-electron chi connectivity index (χ0n) is 9.79. The molecule has 0 saturated heterocycles. The van der Waals surface area contributed by atoms with Crippen LogP contribution in [0.15, 0.2) is 46.0 Å². The molecule has 0 aliphatic carbocycles. The topological polar surface area (TPSA) is 55.4 Å². The van der Waals surface area contributed by atoms with E-state index in [1.807, 2.05) is 16.8 Å². The number of thiophene rings is 1. The molecule has 0 aliphatic heterocycles. The summed E-state index contributed by atoms with van der Waals surface area (Å²) in [5.74, 6) is 0.343. The fourth-order valence-electron chi connectivity index (χ4n) is 1.49. The molecule has 1 aromatic heterocycles. The lowest BCUT2D eigenvalue weighted by atomic mass is 10.3. The van der Waals surface area contributed by atoms with E-state index < -0.39 is 10.0 Å². The van der Waals surface area contributed by atoms with E-state index in [2.05, 4.69) is 4.72 Å². The predicted octanol–water partition coefficient (Wildman–Crippen LogP) is 2.24. The van der Waals surface area contributed by atoms with Gasteiger partial charge in [-0.2, -0.15) is 11.3 Å². The SMILES string of the molecule is COc1ccccc1S(=O)(=O)NCc1ccsc1. The summed E-state index contributed by atoms with van der Waals surface area (Å²) in [6.07, 6.45) is 0. The van der Waals surface area contributed by atoms with Crippen molar-refractivity contribution in [1.29, 1.82) is 0 Å². The highest BCUT2D eigenvalue weighted by Crippen LogP contribution is 2.22. The van der Waals surface area contributed by atoms with Gasteiger partial charge in [0.25, 0.3) is 0 Å². The number of nitrogens with one attached hydrogen (secondary N) is 1. The smallest absolute Gasteiger partial charge is 0.244 e. The molecule has 18 heavy (non-hydrogen) atoms. The number of ether oxygens (including phenoxy) is 1. The minimum Gasteiger partial charge on any atom is -0.495 e. The van der Waals surface area contributed by atoms with Crippen LogP contribution >= 0.6 is 11.3 Å². The largest absolute Gasteiger partial charge is 0.495 e. The highest BCUT2D eigenvalue weighted by molar-refractivity contribution is 7.89. The maximum Gasteiger partial charge on any atom is 0.244 e. The first-order chi connectivity index (χ1) is 8.63. The van der Waals surface area contributed by atoms with Gasteiger partial charge in [0.1, 0.15) is 10.6 Å². The normalized spacial score (nSPS) is 11.4. The molecule has 6 heteroatoms. The Bertz CT molecular complexity index is 606. The van der Waals surface area contributed by atoms with Gasteiger partial charge in [-0.3, -0.25) is 0 Å². The molecule has 0 unspecified atom stereocenters. The Morgan fingerprint density at radius 2 is 2.06 bits per heavy atom. The van der Waals surface area contributed by atoms with Crippen LogP contribution in [0.1, 0.15) is 5.56 Å². The van der Waals surface area contributed by atoms with E-state index in [0.717, 1.165) is 5.56 Å². The highest BCUT2D eigenvalue weighted by Gasteiger charge is 2.18. The summed E-state index contributed by atoms with van der Waals surface area (Å²) in [6.45, 7) is 0.282. The number of methoxy groups -OCH3 is 1. The van der Waals surface area contributed by atoms with Gasteiger partial charge in [0, 0.05) is 6.54 Å². The number of benzene rings is 1. The van der Waals surface area contributed by atoms with Crippen molar-refractivity contribution in [1.82, 2.24) is 4.72 Å². The molecule has 1 N–H and O–H groups in total. The molecule has 1 heterocycles. The Kier molecular flexibility index (Phi) is 4.00. The van der Waals surface area contributed by atoms with Crippen LogP contribution in [-0.4, -0.2) is 15.5 Å². The van der Waals surface area contributed by atoms with Crippen molar-refractivity contribution >= 4 is 21.4 Å². The van der Waals surface area contributed by atoms with E-state index in [9.17, 15) is 8.42 Å². The van der Waals surface area contributed by atoms with Gasteiger partial charge in [-0.15, -0.1) is 0 Å². The summed E-state index contributed by atoms with van der Waals surface area (Å²) in [5, 5.41) is 3.82. The van der Waals surface area contributed by atoms with E-state index in [4.69, 9.17) is 4.74 Å². The maximum absolute atomic E-state index is 12.1. The third kappa shape index (κ3) is 2.90. The van der Waals surface area contributed by atoms with Gasteiger partial charge in [-0.25, -0.2) is 13.1 Å². The summed E-state index contributed by atoms with van der Waals surface area (Å²) in [4.78, 5) is 0.155. The van der Waals surface area contributed by atoms with Crippen molar-refractivity contribution in [3.63, 3.8) is 0 Å². The van der Waals surface area contributed by atoms with E-state index in [0.29, 0.717) is 5.75 Å². The summed E-state index contributed by atoms with van der Waals surface area (Å²) >= 11 is 1.53. The minimum absolute atomic E-state index is 0.155. The third-order valence-electron chi connectivity index (χ3n) is 2.41. The van der Waals surface area contributed by atoms with Crippen LogP contribution in [0, 0.1) is 0 Å². The molecule has 0 amide bonds. The lowest BCUT2D eigenvalue weighted by Gasteiger charge is -2.09. The molecular weight excluding hydrogens is 270 g/mol. The summed E-state index contributed by atoms with van der Waals surface area (Å²) < 4.78 is 31.8. The molecule has 2 rings (SSSR count). The molecule has 0 saturated carbocycles. The van der Waals surface area contributed by atoms with Crippen LogP contribution in [0.4, 0.5) is 0 Å². The van der Waals surface area contributed by atoms with Crippen LogP contribution in [0.25, 0.3) is 0 Å². The Morgan fingerprint density at radius 1 is 1.28 bits per heavy atom. The Morgan fingerprint density at radius 3 is 2.72 bits per heavy atom. The monoisotopic (exact) mass is 283 g/mol. The van der Waals surface area contributed by atoms with Crippen molar-refractivity contribution in [2.24, 2.45) is 0 Å². The van der Waals surface area contributed by atoms with Gasteiger partial charge in [-0.1, -0.05) is 12.1 Å². The van der Waals surface area contributed by atoms with Crippen LogP contribution in [0.2, 0.25) is 0 Å². The lowest BCUT2D eigenvalue weighted by molar-refractivity contribution is 0.402. The molecule has 0 bridgehead atoms. The van der Waals surface area contributed by atoms with Crippen LogP contribution in [0.5, 0.6) is 5.75 Å². The average molecular weight is 283 g/mol. The summed E-state index contributed by atoms with van der Waals surface area (Å²) in [5.41, 5.74) is 0.943. The minimum atomic E-state index is -3.55. The molecule has 0 aliphatic rings. The second kappa shape index (κ2) is 5.51. The average Bonchev–Trinajstić information content (AvgIpc) is 2.89. The number of hydrogen-bond donors (Lipinski definition) is 1. The van der Waals surface area contributed by atoms with Crippen LogP contribution in [0.3, 0.4) is 0 Å². The van der Waals surface area contributed by atoms with E-state index >= 15 is 0 Å². The third-order valence-corrected chi connectivity index (χ3v) is 4.58. The fraction of sp³-hybridized carbons (Fsp3) is 0.167. The fourth-order valence-corrected chi connectivity index (χ4v) is 3.34. The molecular formula is C12H13NO3S2. The number of rotatable bonds is 5. The molecule has 4 nitrogen and oxygen atoms in total. The first kappa shape index (κ1) is 13.1. The standard InChI is InChI=1S/C12H13NO3S2/c1-16-11-4-2-3-5-12(11)18(14,15)13-8-10-6-7-17-9-10/h2-7,9,13H,8H2,1H3. The Hall–Kier alpha value is -1.37. The van der Waals surface area contributed by atoms with Gasteiger partial charge in [0.15, 0.2) is 0 Å². The first-order valence-electron chi connectivity index (χ1n) is 5.27. The molecule has 96 valence electrons. The van der Waals surface area contributed by atoms with Crippen molar-refractivity contribution in [3.8, 4) is 5.75 Å². The quantitative estimate of drug-likeness (QED) is 0.915. The summed E-state index contributed by atoms with van der Waals surface area (Å²) in [7, 11) is -2.10. The molecule has 2 aromatic rings. The van der Waals surface area contributed by atoms with Crippen molar-refractivity contribution < 1.29 is 13.2 Å². The molecule has 1 aromatic carbocycles. The number of hydrogen-bond acceptors (Lipinski definition) is 4. The highest BCUT2D eigenvalue weighted by atomic mass is 32.2. The first-order valence-corrected chi connectivity index (χ1v) is 7.70. The van der Waals surface area contributed by atoms with E-state index in [1.165, 1.54) is 24.5 Å². The maximum atomic E-state index is 12.1. The van der Waals surface area contributed by atoms with Crippen molar-refractivity contribution in [3.05, 3.63) is 46.7 Å². The number of para-hydroxylation sites is 1. The molecule has 0 fully saturated rings. The lowest BCUT2D eigenvalue weighted by Crippen LogP contribution is -2.23. The molecule has 0 spiro atoms. The zero-order chi connectivity index (χ0) is 13.0. The van der Waals surface area contributed by atoms with Gasteiger partial charge in [0.2, 0.25) is 10.0 Å². The van der Waals surface area contributed by atoms with Gasteiger partial charge < -0.3 is 4.74 Å². The van der Waals surface area contributed by atoms with Crippen molar-refractivity contribution in [2.75, 3.05) is 7.11 Å². The zero-order valence-corrected chi connectivity index (χ0v) is 11.4. The predicted molar refractivity (Wildman–Crippen MR) is 71.3 cm³/mol. The van der Waals surface area contributed by atoms with Gasteiger partial charge >= 0.3 is 0 Å². The van der Waals surface area contributed by atoms with Gasteiger partial charge in [-0.05, 0) is 34.5 Å². The van der Waals surface area contributed by atoms with Crippen molar-refractivity contribution in [2.45, 2.75) is 11.4 Å².